The minimum absolute atomic E-state index is 0.0364. The van der Waals surface area contributed by atoms with Gasteiger partial charge in [-0.05, 0) is 42.0 Å². The van der Waals surface area contributed by atoms with Crippen LogP contribution in [-0.2, 0) is 11.3 Å². The lowest BCUT2D eigenvalue weighted by molar-refractivity contribution is -0.132. The molecule has 4 heterocycles. The molecule has 1 amide bonds. The molecule has 1 saturated heterocycles. The monoisotopic (exact) mass is 481 g/mol. The third-order valence-electron chi connectivity index (χ3n) is 6.02. The maximum absolute atomic E-state index is 13.3. The number of benzene rings is 1. The summed E-state index contributed by atoms with van der Waals surface area (Å²) in [6.07, 6.45) is 3.25. The number of nitrogens with zero attached hydrogens (tertiary/aromatic N) is 3. The minimum atomic E-state index is -0.181. The van der Waals surface area contributed by atoms with Crippen LogP contribution in [-0.4, -0.2) is 41.1 Å². The van der Waals surface area contributed by atoms with Crippen molar-refractivity contribution in [1.82, 2.24) is 14.5 Å². The van der Waals surface area contributed by atoms with E-state index in [0.29, 0.717) is 28.3 Å². The maximum Gasteiger partial charge on any atom is 0.263 e. The van der Waals surface area contributed by atoms with Crippen LogP contribution in [0.25, 0.3) is 20.7 Å². The molecule has 1 atom stereocenters. The zero-order valence-corrected chi connectivity index (χ0v) is 19.9. The number of fused-ring (bicyclic) bond motifs is 1. The van der Waals surface area contributed by atoms with E-state index in [4.69, 9.17) is 9.47 Å². The molecule has 0 aliphatic carbocycles. The van der Waals surface area contributed by atoms with Gasteiger partial charge in [0, 0.05) is 22.4 Å². The van der Waals surface area contributed by atoms with Gasteiger partial charge in [-0.3, -0.25) is 14.2 Å². The Morgan fingerprint density at radius 2 is 2.03 bits per heavy atom. The Balaban J connectivity index is 1.43. The van der Waals surface area contributed by atoms with Crippen LogP contribution >= 0.6 is 22.7 Å². The normalized spacial score (nSPS) is 15.8. The highest BCUT2D eigenvalue weighted by Gasteiger charge is 2.31. The topological polar surface area (TPSA) is 73.7 Å². The number of carbonyl (C=O) groups excluding carboxylic acids is 1. The molecule has 4 aromatic rings. The molecule has 1 aromatic carbocycles. The molecule has 1 unspecified atom stereocenters. The molecule has 33 heavy (non-hydrogen) atoms. The molecule has 0 radical (unpaired) electrons. The fourth-order valence-corrected chi connectivity index (χ4v) is 6.12. The molecule has 1 aliphatic heterocycles. The Morgan fingerprint density at radius 1 is 1.18 bits per heavy atom. The van der Waals surface area contributed by atoms with Gasteiger partial charge in [0.25, 0.3) is 5.56 Å². The third-order valence-corrected chi connectivity index (χ3v) is 7.81. The van der Waals surface area contributed by atoms with E-state index >= 15 is 0 Å². The van der Waals surface area contributed by atoms with E-state index in [9.17, 15) is 9.59 Å². The number of aromatic nitrogens is 2. The number of thiophene rings is 2. The van der Waals surface area contributed by atoms with Crippen LogP contribution in [0.5, 0.6) is 11.5 Å². The van der Waals surface area contributed by atoms with Gasteiger partial charge in [0.1, 0.15) is 11.4 Å². The van der Waals surface area contributed by atoms with Gasteiger partial charge in [-0.1, -0.05) is 12.1 Å². The standard InChI is InChI=1S/C24H23N3O4S2/c1-30-18-8-7-15(11-19(18)31-2)17-5-3-9-27(17)21(28)12-26-14-25-23-22(24(26)29)16(13-33-23)20-6-4-10-32-20/h4,6-8,10-11,13-14,17H,3,5,9,12H2,1-2H3. The van der Waals surface area contributed by atoms with E-state index in [1.165, 1.54) is 22.2 Å². The van der Waals surface area contributed by atoms with E-state index in [2.05, 4.69) is 4.98 Å². The van der Waals surface area contributed by atoms with Crippen molar-refractivity contribution in [2.24, 2.45) is 0 Å². The van der Waals surface area contributed by atoms with Crippen molar-refractivity contribution in [3.63, 3.8) is 0 Å². The Hall–Kier alpha value is -3.17. The third kappa shape index (κ3) is 3.91. The zero-order chi connectivity index (χ0) is 22.9. The molecular formula is C24H23N3O4S2. The number of amides is 1. The Bertz CT molecular complexity index is 1360. The quantitative estimate of drug-likeness (QED) is 0.403. The highest BCUT2D eigenvalue weighted by atomic mass is 32.1. The van der Waals surface area contributed by atoms with Crippen LogP contribution in [0.1, 0.15) is 24.4 Å². The molecule has 1 fully saturated rings. The first-order valence-corrected chi connectivity index (χ1v) is 12.4. The Kier molecular flexibility index (Phi) is 5.90. The van der Waals surface area contributed by atoms with Crippen LogP contribution in [0.2, 0.25) is 0 Å². The summed E-state index contributed by atoms with van der Waals surface area (Å²) in [4.78, 5) is 34.6. The second-order valence-corrected chi connectivity index (χ2v) is 9.65. The number of hydrogen-bond donors (Lipinski definition) is 0. The van der Waals surface area contributed by atoms with E-state index in [-0.39, 0.29) is 24.1 Å². The minimum Gasteiger partial charge on any atom is -0.493 e. The maximum atomic E-state index is 13.3. The molecule has 1 aliphatic rings. The largest absolute Gasteiger partial charge is 0.493 e. The molecule has 3 aromatic heterocycles. The summed E-state index contributed by atoms with van der Waals surface area (Å²) < 4.78 is 12.2. The van der Waals surface area contributed by atoms with Crippen LogP contribution in [0.15, 0.2) is 52.2 Å². The molecule has 0 bridgehead atoms. The van der Waals surface area contributed by atoms with Crippen LogP contribution in [0, 0.1) is 0 Å². The molecule has 0 spiro atoms. The van der Waals surface area contributed by atoms with Gasteiger partial charge < -0.3 is 14.4 Å². The summed E-state index contributed by atoms with van der Waals surface area (Å²) in [5, 5.41) is 4.53. The van der Waals surface area contributed by atoms with Crippen molar-refractivity contribution < 1.29 is 14.3 Å². The van der Waals surface area contributed by atoms with Gasteiger partial charge in [-0.15, -0.1) is 22.7 Å². The van der Waals surface area contributed by atoms with Crippen molar-refractivity contribution in [2.45, 2.75) is 25.4 Å². The van der Waals surface area contributed by atoms with Gasteiger partial charge in [0.05, 0.1) is 32.0 Å². The first-order chi connectivity index (χ1) is 16.1. The molecule has 9 heteroatoms. The summed E-state index contributed by atoms with van der Waals surface area (Å²) in [7, 11) is 3.20. The summed E-state index contributed by atoms with van der Waals surface area (Å²) in [5.41, 5.74) is 1.70. The number of ether oxygens (including phenoxy) is 2. The van der Waals surface area contributed by atoms with Crippen LogP contribution < -0.4 is 15.0 Å². The molecule has 0 saturated carbocycles. The van der Waals surface area contributed by atoms with Crippen molar-refractivity contribution >= 4 is 38.8 Å². The van der Waals surface area contributed by atoms with Gasteiger partial charge in [-0.25, -0.2) is 4.98 Å². The predicted molar refractivity (Wildman–Crippen MR) is 130 cm³/mol. The van der Waals surface area contributed by atoms with Crippen molar-refractivity contribution in [1.29, 1.82) is 0 Å². The number of rotatable bonds is 6. The first-order valence-electron chi connectivity index (χ1n) is 10.6. The number of methoxy groups -OCH3 is 2. The van der Waals surface area contributed by atoms with Gasteiger partial charge in [-0.2, -0.15) is 0 Å². The van der Waals surface area contributed by atoms with E-state index in [0.717, 1.165) is 28.8 Å². The lowest BCUT2D eigenvalue weighted by Crippen LogP contribution is -2.36. The van der Waals surface area contributed by atoms with E-state index in [1.54, 1.807) is 25.6 Å². The number of likely N-dealkylation sites (tertiary alicyclic amines) is 1. The molecule has 0 N–H and O–H groups in total. The number of hydrogen-bond acceptors (Lipinski definition) is 7. The van der Waals surface area contributed by atoms with E-state index < -0.39 is 0 Å². The lowest BCUT2D eigenvalue weighted by atomic mass is 10.0. The van der Waals surface area contributed by atoms with Gasteiger partial charge >= 0.3 is 0 Å². The summed E-state index contributed by atoms with van der Waals surface area (Å²) in [6, 6.07) is 9.65. The highest BCUT2D eigenvalue weighted by Crippen LogP contribution is 2.37. The summed E-state index contributed by atoms with van der Waals surface area (Å²) in [5.74, 6) is 1.20. The summed E-state index contributed by atoms with van der Waals surface area (Å²) >= 11 is 3.03. The second kappa shape index (κ2) is 8.99. The molecular weight excluding hydrogens is 458 g/mol. The predicted octanol–water partition coefficient (Wildman–Crippen LogP) is 4.57. The van der Waals surface area contributed by atoms with Crippen LogP contribution in [0.4, 0.5) is 0 Å². The smallest absolute Gasteiger partial charge is 0.263 e. The SMILES string of the molecule is COc1ccc(C2CCCN2C(=O)Cn2cnc3scc(-c4cccs4)c3c2=O)cc1OC. The van der Waals surface area contributed by atoms with Crippen LogP contribution in [0.3, 0.4) is 0 Å². The average molecular weight is 482 g/mol. The van der Waals surface area contributed by atoms with Crippen molar-refractivity contribution in [3.8, 4) is 21.9 Å². The summed E-state index contributed by atoms with van der Waals surface area (Å²) in [6.45, 7) is 0.618. The Morgan fingerprint density at radius 3 is 2.79 bits per heavy atom. The van der Waals surface area contributed by atoms with Crippen molar-refractivity contribution in [2.75, 3.05) is 20.8 Å². The second-order valence-electron chi connectivity index (χ2n) is 7.84. The highest BCUT2D eigenvalue weighted by molar-refractivity contribution is 7.18. The zero-order valence-electron chi connectivity index (χ0n) is 18.3. The van der Waals surface area contributed by atoms with E-state index in [1.807, 2.05) is 46.0 Å². The number of carbonyl (C=O) groups is 1. The molecule has 7 nitrogen and oxygen atoms in total. The average Bonchev–Trinajstić information content (AvgIpc) is 3.60. The lowest BCUT2D eigenvalue weighted by Gasteiger charge is -2.26. The van der Waals surface area contributed by atoms with Crippen molar-refractivity contribution in [3.05, 3.63) is 63.3 Å². The Labute approximate surface area is 198 Å². The van der Waals surface area contributed by atoms with Gasteiger partial charge in [0.2, 0.25) is 5.91 Å². The molecule has 170 valence electrons. The fourth-order valence-electron chi connectivity index (χ4n) is 4.40. The van der Waals surface area contributed by atoms with Gasteiger partial charge in [0.15, 0.2) is 11.5 Å². The fraction of sp³-hybridized carbons (Fsp3) is 0.292. The molecule has 5 rings (SSSR count). The first kappa shape index (κ1) is 21.7.